The van der Waals surface area contributed by atoms with Crippen molar-refractivity contribution in [3.05, 3.63) is 82.2 Å². The zero-order chi connectivity index (χ0) is 28.4. The van der Waals surface area contributed by atoms with Crippen molar-refractivity contribution < 1.29 is 14.6 Å². The van der Waals surface area contributed by atoms with E-state index in [1.807, 2.05) is 46.1 Å². The van der Waals surface area contributed by atoms with Gasteiger partial charge in [-0.25, -0.2) is 4.68 Å². The normalized spacial score (nSPS) is 19.5. The van der Waals surface area contributed by atoms with Gasteiger partial charge in [-0.05, 0) is 87.4 Å². The van der Waals surface area contributed by atoms with Crippen molar-refractivity contribution >= 4 is 17.0 Å². The highest BCUT2D eigenvalue weighted by Gasteiger charge is 2.42. The van der Waals surface area contributed by atoms with Gasteiger partial charge in [0, 0.05) is 50.1 Å². The van der Waals surface area contributed by atoms with Crippen molar-refractivity contribution in [1.29, 1.82) is 0 Å². The Labute approximate surface area is 235 Å². The number of rotatable bonds is 5. The molecule has 2 aliphatic rings. The molecule has 0 spiro atoms. The number of hydrogen-bond donors (Lipinski definition) is 1. The van der Waals surface area contributed by atoms with Crippen LogP contribution < -0.4 is 4.74 Å². The lowest BCUT2D eigenvalue weighted by Gasteiger charge is -2.35. The molecule has 1 N–H and O–H groups in total. The Bertz CT molecular complexity index is 1620. The third-order valence-corrected chi connectivity index (χ3v) is 8.86. The van der Waals surface area contributed by atoms with Crippen LogP contribution in [0.1, 0.15) is 79.5 Å². The lowest BCUT2D eigenvalue weighted by Crippen LogP contribution is -2.41. The van der Waals surface area contributed by atoms with Crippen LogP contribution >= 0.6 is 0 Å². The molecule has 8 nitrogen and oxygen atoms in total. The summed E-state index contributed by atoms with van der Waals surface area (Å²) in [5.74, 6) is -0.298. The minimum Gasteiger partial charge on any atom is -0.486 e. The number of aromatic nitrogens is 4. The van der Waals surface area contributed by atoms with Crippen molar-refractivity contribution in [2.45, 2.75) is 71.6 Å². The second-order valence-corrected chi connectivity index (χ2v) is 12.6. The lowest BCUT2D eigenvalue weighted by atomic mass is 9.69. The molecular weight excluding hydrogens is 502 g/mol. The maximum absolute atomic E-state index is 12.7. The summed E-state index contributed by atoms with van der Waals surface area (Å²) >= 11 is 0. The summed E-state index contributed by atoms with van der Waals surface area (Å²) in [5.41, 5.74) is 6.99. The van der Waals surface area contributed by atoms with Gasteiger partial charge in [-0.2, -0.15) is 0 Å². The van der Waals surface area contributed by atoms with Crippen LogP contribution in [0.2, 0.25) is 0 Å². The Morgan fingerprint density at radius 2 is 1.98 bits per heavy atom. The van der Waals surface area contributed by atoms with Gasteiger partial charge in [0.2, 0.25) is 0 Å². The molecule has 2 aromatic heterocycles. The van der Waals surface area contributed by atoms with E-state index >= 15 is 0 Å². The number of aryl methyl sites for hydroxylation is 3. The number of carboxylic acids is 1. The minimum atomic E-state index is -1.05. The number of ether oxygens (including phenoxy) is 1. The monoisotopic (exact) mass is 539 g/mol. The van der Waals surface area contributed by atoms with Gasteiger partial charge >= 0.3 is 5.97 Å². The van der Waals surface area contributed by atoms with Gasteiger partial charge in [0.1, 0.15) is 16.9 Å². The SMILES string of the molecule is Cc1c([C@@H](c2ccc3c(c2)[C@@H](N2Cc4cnccc4OC(C)(C)C2)CC3)C(C)(C)C(=O)O)ccc2c1nnn2C. The third kappa shape index (κ3) is 4.35. The molecule has 40 heavy (non-hydrogen) atoms. The van der Waals surface area contributed by atoms with Crippen LogP contribution in [-0.4, -0.2) is 48.1 Å². The number of aliphatic carboxylic acids is 1. The predicted octanol–water partition coefficient (Wildman–Crippen LogP) is 5.57. The van der Waals surface area contributed by atoms with E-state index < -0.39 is 11.4 Å². The fraction of sp³-hybridized carbons (Fsp3) is 0.438. The third-order valence-electron chi connectivity index (χ3n) is 8.86. The molecule has 2 atom stereocenters. The first kappa shape index (κ1) is 26.4. The molecule has 0 amide bonds. The smallest absolute Gasteiger partial charge is 0.310 e. The standard InChI is InChI=1S/C32H37N5O3/c1-19-23(10-12-26-29(19)34-35-36(26)6)28(32(4,5)30(38)39)21-8-7-20-9-11-25(24(20)15-21)37-17-22-16-33-14-13-27(22)40-31(2,3)18-37/h7-8,10,12-16,25,28H,9,11,17-18H2,1-6H3,(H,38,39)/t25-,28+/m0/s1. The largest absolute Gasteiger partial charge is 0.486 e. The molecule has 1 aliphatic carbocycles. The molecule has 0 saturated carbocycles. The van der Waals surface area contributed by atoms with Crippen LogP contribution in [0.25, 0.3) is 11.0 Å². The van der Waals surface area contributed by atoms with Crippen LogP contribution in [0, 0.1) is 12.3 Å². The molecular formula is C32H37N5O3. The fourth-order valence-corrected chi connectivity index (χ4v) is 6.77. The van der Waals surface area contributed by atoms with E-state index in [0.29, 0.717) is 0 Å². The molecule has 3 heterocycles. The van der Waals surface area contributed by atoms with Gasteiger partial charge in [-0.15, -0.1) is 5.10 Å². The molecule has 208 valence electrons. The van der Waals surface area contributed by atoms with Crippen molar-refractivity contribution in [3.63, 3.8) is 0 Å². The Morgan fingerprint density at radius 3 is 2.75 bits per heavy atom. The highest BCUT2D eigenvalue weighted by atomic mass is 16.5. The number of carboxylic acid groups (broad SMARTS) is 1. The Hall–Kier alpha value is -3.78. The first-order valence-corrected chi connectivity index (χ1v) is 14.0. The van der Waals surface area contributed by atoms with Crippen LogP contribution in [0.3, 0.4) is 0 Å². The van der Waals surface area contributed by atoms with Crippen LogP contribution in [0.5, 0.6) is 5.75 Å². The summed E-state index contributed by atoms with van der Waals surface area (Å²) in [6.45, 7) is 11.5. The summed E-state index contributed by atoms with van der Waals surface area (Å²) in [5, 5.41) is 19.0. The molecule has 6 rings (SSSR count). The van der Waals surface area contributed by atoms with E-state index in [2.05, 4.69) is 58.3 Å². The number of hydrogen-bond acceptors (Lipinski definition) is 6. The number of benzene rings is 2. The highest BCUT2D eigenvalue weighted by molar-refractivity contribution is 5.81. The lowest BCUT2D eigenvalue weighted by molar-refractivity contribution is -0.147. The summed E-state index contributed by atoms with van der Waals surface area (Å²) in [4.78, 5) is 19.6. The second kappa shape index (κ2) is 9.41. The minimum absolute atomic E-state index is 0.209. The van der Waals surface area contributed by atoms with Crippen molar-refractivity contribution in [3.8, 4) is 5.75 Å². The second-order valence-electron chi connectivity index (χ2n) is 12.6. The molecule has 0 fully saturated rings. The molecule has 4 aromatic rings. The van der Waals surface area contributed by atoms with E-state index in [0.717, 1.165) is 65.0 Å². The average Bonchev–Trinajstić information content (AvgIpc) is 3.45. The fourth-order valence-electron chi connectivity index (χ4n) is 6.77. The summed E-state index contributed by atoms with van der Waals surface area (Å²) < 4.78 is 8.16. The first-order chi connectivity index (χ1) is 19.0. The first-order valence-electron chi connectivity index (χ1n) is 14.0. The number of pyridine rings is 1. The van der Waals surface area contributed by atoms with Crippen molar-refractivity contribution in [1.82, 2.24) is 24.9 Å². The van der Waals surface area contributed by atoms with E-state index in [1.54, 1.807) is 10.9 Å². The molecule has 1 aliphatic heterocycles. The Balaban J connectivity index is 1.45. The molecule has 2 aromatic carbocycles. The summed E-state index contributed by atoms with van der Waals surface area (Å²) in [6.07, 6.45) is 5.71. The maximum Gasteiger partial charge on any atom is 0.310 e. The number of fused-ring (bicyclic) bond motifs is 3. The molecule has 0 bridgehead atoms. The van der Waals surface area contributed by atoms with Crippen LogP contribution in [0.15, 0.2) is 48.8 Å². The van der Waals surface area contributed by atoms with Crippen LogP contribution in [-0.2, 0) is 24.8 Å². The van der Waals surface area contributed by atoms with Gasteiger partial charge in [-0.3, -0.25) is 14.7 Å². The predicted molar refractivity (Wildman–Crippen MR) is 153 cm³/mol. The topological polar surface area (TPSA) is 93.4 Å². The van der Waals surface area contributed by atoms with Crippen LogP contribution in [0.4, 0.5) is 0 Å². The van der Waals surface area contributed by atoms with E-state index in [9.17, 15) is 9.90 Å². The molecule has 8 heteroatoms. The quantitative estimate of drug-likeness (QED) is 0.354. The van der Waals surface area contributed by atoms with Gasteiger partial charge in [0.15, 0.2) is 0 Å². The number of nitrogens with zero attached hydrogens (tertiary/aromatic N) is 5. The zero-order valence-corrected chi connectivity index (χ0v) is 24.1. The van der Waals surface area contributed by atoms with E-state index in [-0.39, 0.29) is 17.6 Å². The van der Waals surface area contributed by atoms with Gasteiger partial charge in [0.05, 0.1) is 10.9 Å². The average molecular weight is 540 g/mol. The Kier molecular flexibility index (Phi) is 6.22. The summed E-state index contributed by atoms with van der Waals surface area (Å²) in [7, 11) is 1.87. The van der Waals surface area contributed by atoms with Gasteiger partial charge in [-0.1, -0.05) is 29.5 Å². The summed E-state index contributed by atoms with van der Waals surface area (Å²) in [6, 6.07) is 12.8. The molecule has 0 radical (unpaired) electrons. The molecule has 0 unspecified atom stereocenters. The van der Waals surface area contributed by atoms with E-state index in [1.165, 1.54) is 11.1 Å². The number of carbonyl (C=O) groups is 1. The van der Waals surface area contributed by atoms with E-state index in [4.69, 9.17) is 4.74 Å². The van der Waals surface area contributed by atoms with Crippen molar-refractivity contribution in [2.24, 2.45) is 12.5 Å². The molecule has 0 saturated heterocycles. The Morgan fingerprint density at radius 1 is 1.18 bits per heavy atom. The van der Waals surface area contributed by atoms with Gasteiger partial charge in [0.25, 0.3) is 0 Å². The highest BCUT2D eigenvalue weighted by Crippen LogP contribution is 2.47. The zero-order valence-electron chi connectivity index (χ0n) is 24.1. The van der Waals surface area contributed by atoms with Gasteiger partial charge < -0.3 is 9.84 Å². The van der Waals surface area contributed by atoms with Crippen molar-refractivity contribution in [2.75, 3.05) is 6.54 Å². The maximum atomic E-state index is 12.7.